The molecule has 0 atom stereocenters. The number of benzene rings is 2. The normalized spacial score (nSPS) is 11.4. The first-order valence-corrected chi connectivity index (χ1v) is 8.27. The van der Waals surface area contributed by atoms with Crippen molar-refractivity contribution in [3.8, 4) is 16.8 Å². The molecule has 0 unspecified atom stereocenters. The van der Waals surface area contributed by atoms with E-state index in [-0.39, 0.29) is 12.5 Å². The third-order valence-corrected chi connectivity index (χ3v) is 4.03. The van der Waals surface area contributed by atoms with Gasteiger partial charge in [-0.3, -0.25) is 4.79 Å². The predicted octanol–water partition coefficient (Wildman–Crippen LogP) is 2.14. The number of hydrogen-bond donors (Lipinski definition) is 2. The Morgan fingerprint density at radius 1 is 1.15 bits per heavy atom. The summed E-state index contributed by atoms with van der Waals surface area (Å²) >= 11 is 0. The summed E-state index contributed by atoms with van der Waals surface area (Å²) in [5, 5.41) is 23.5. The fraction of sp³-hybridized carbons (Fsp3) is 0.263. The molecule has 134 valence electrons. The van der Waals surface area contributed by atoms with Crippen LogP contribution in [0.25, 0.3) is 16.8 Å². The van der Waals surface area contributed by atoms with Crippen molar-refractivity contribution in [2.75, 3.05) is 6.61 Å². The number of rotatable bonds is 5. The van der Waals surface area contributed by atoms with Crippen LogP contribution in [0.4, 0.5) is 0 Å². The van der Waals surface area contributed by atoms with Crippen LogP contribution in [0.3, 0.4) is 0 Å². The molecule has 0 spiro atoms. The molecule has 0 bridgehead atoms. The SMILES string of the molecule is Cc1ccc(-c2cc(C(=O)NC(C)(C)CO)cc(-n3cnnn3)c2)cc1. The van der Waals surface area contributed by atoms with Gasteiger partial charge in [0.15, 0.2) is 0 Å². The van der Waals surface area contributed by atoms with E-state index in [4.69, 9.17) is 0 Å². The van der Waals surface area contributed by atoms with Gasteiger partial charge in [-0.05, 0) is 60.5 Å². The van der Waals surface area contributed by atoms with Crippen LogP contribution in [-0.4, -0.2) is 43.4 Å². The molecule has 0 aliphatic heterocycles. The molecular weight excluding hydrogens is 330 g/mol. The molecule has 0 aliphatic rings. The number of hydrogen-bond acceptors (Lipinski definition) is 5. The number of aliphatic hydroxyl groups is 1. The minimum atomic E-state index is -0.716. The molecule has 3 aromatic rings. The lowest BCUT2D eigenvalue weighted by atomic mass is 9.99. The van der Waals surface area contributed by atoms with Gasteiger partial charge in [0.2, 0.25) is 0 Å². The number of aryl methyl sites for hydroxylation is 1. The van der Waals surface area contributed by atoms with Crippen LogP contribution in [-0.2, 0) is 0 Å². The number of aliphatic hydroxyl groups excluding tert-OH is 1. The van der Waals surface area contributed by atoms with E-state index < -0.39 is 5.54 Å². The van der Waals surface area contributed by atoms with Crippen LogP contribution in [0, 0.1) is 6.92 Å². The van der Waals surface area contributed by atoms with Crippen LogP contribution < -0.4 is 5.32 Å². The molecule has 1 aromatic heterocycles. The molecule has 2 N–H and O–H groups in total. The van der Waals surface area contributed by atoms with Crippen molar-refractivity contribution < 1.29 is 9.90 Å². The van der Waals surface area contributed by atoms with Crippen LogP contribution in [0.1, 0.15) is 29.8 Å². The smallest absolute Gasteiger partial charge is 0.251 e. The zero-order chi connectivity index (χ0) is 18.7. The maximum Gasteiger partial charge on any atom is 0.251 e. The molecule has 26 heavy (non-hydrogen) atoms. The number of aromatic nitrogens is 4. The average Bonchev–Trinajstić information content (AvgIpc) is 3.16. The Morgan fingerprint density at radius 2 is 1.88 bits per heavy atom. The van der Waals surface area contributed by atoms with Gasteiger partial charge in [-0.1, -0.05) is 29.8 Å². The second kappa shape index (κ2) is 7.05. The summed E-state index contributed by atoms with van der Waals surface area (Å²) in [6.45, 7) is 5.39. The molecule has 0 saturated carbocycles. The second-order valence-corrected chi connectivity index (χ2v) is 6.89. The summed E-state index contributed by atoms with van der Waals surface area (Å²) in [5.41, 5.74) is 3.46. The molecule has 0 saturated heterocycles. The Morgan fingerprint density at radius 3 is 2.50 bits per heavy atom. The van der Waals surface area contributed by atoms with Gasteiger partial charge in [-0.25, -0.2) is 4.68 Å². The Labute approximate surface area is 151 Å². The van der Waals surface area contributed by atoms with E-state index in [9.17, 15) is 9.90 Å². The van der Waals surface area contributed by atoms with Crippen molar-refractivity contribution in [2.24, 2.45) is 0 Å². The van der Waals surface area contributed by atoms with Crippen LogP contribution in [0.5, 0.6) is 0 Å². The Bertz CT molecular complexity index is 902. The summed E-state index contributed by atoms with van der Waals surface area (Å²) in [7, 11) is 0. The lowest BCUT2D eigenvalue weighted by Crippen LogP contribution is -2.46. The second-order valence-electron chi connectivity index (χ2n) is 6.89. The molecule has 0 aliphatic carbocycles. The van der Waals surface area contributed by atoms with Gasteiger partial charge in [0.05, 0.1) is 17.8 Å². The molecule has 0 fully saturated rings. The lowest BCUT2D eigenvalue weighted by molar-refractivity contribution is 0.0869. The highest BCUT2D eigenvalue weighted by atomic mass is 16.3. The fourth-order valence-electron chi connectivity index (χ4n) is 2.49. The minimum absolute atomic E-state index is 0.157. The third-order valence-electron chi connectivity index (χ3n) is 4.03. The summed E-state index contributed by atoms with van der Waals surface area (Å²) in [6.07, 6.45) is 1.48. The van der Waals surface area contributed by atoms with E-state index in [2.05, 4.69) is 20.8 Å². The molecule has 3 rings (SSSR count). The summed E-state index contributed by atoms with van der Waals surface area (Å²) in [4.78, 5) is 12.7. The van der Waals surface area contributed by atoms with Crippen LogP contribution >= 0.6 is 0 Å². The zero-order valence-corrected chi connectivity index (χ0v) is 15.0. The maximum absolute atomic E-state index is 12.7. The first-order chi connectivity index (χ1) is 12.4. The van der Waals surface area contributed by atoms with E-state index in [0.717, 1.165) is 16.7 Å². The number of carbonyl (C=O) groups is 1. The van der Waals surface area contributed by atoms with Crippen molar-refractivity contribution >= 4 is 5.91 Å². The Hall–Kier alpha value is -3.06. The van der Waals surface area contributed by atoms with Gasteiger partial charge in [-0.15, -0.1) is 5.10 Å². The largest absolute Gasteiger partial charge is 0.394 e. The molecule has 7 heteroatoms. The van der Waals surface area contributed by atoms with Crippen molar-refractivity contribution in [3.63, 3.8) is 0 Å². The zero-order valence-electron chi connectivity index (χ0n) is 15.0. The van der Waals surface area contributed by atoms with Crippen molar-refractivity contribution in [1.29, 1.82) is 0 Å². The van der Waals surface area contributed by atoms with E-state index in [1.54, 1.807) is 19.9 Å². The number of nitrogens with zero attached hydrogens (tertiary/aromatic N) is 4. The lowest BCUT2D eigenvalue weighted by Gasteiger charge is -2.23. The van der Waals surface area contributed by atoms with Gasteiger partial charge in [0.1, 0.15) is 6.33 Å². The quantitative estimate of drug-likeness (QED) is 0.735. The number of carbonyl (C=O) groups excluding carboxylic acids is 1. The third kappa shape index (κ3) is 3.94. The molecule has 1 amide bonds. The maximum atomic E-state index is 12.7. The fourth-order valence-corrected chi connectivity index (χ4v) is 2.49. The number of tetrazole rings is 1. The highest BCUT2D eigenvalue weighted by Gasteiger charge is 2.21. The highest BCUT2D eigenvalue weighted by Crippen LogP contribution is 2.25. The molecule has 0 radical (unpaired) electrons. The van der Waals surface area contributed by atoms with Crippen molar-refractivity contribution in [3.05, 3.63) is 59.9 Å². The van der Waals surface area contributed by atoms with Gasteiger partial charge in [0, 0.05) is 5.56 Å². The van der Waals surface area contributed by atoms with E-state index in [0.29, 0.717) is 11.3 Å². The Kier molecular flexibility index (Phi) is 4.81. The van der Waals surface area contributed by atoms with E-state index >= 15 is 0 Å². The van der Waals surface area contributed by atoms with Crippen molar-refractivity contribution in [2.45, 2.75) is 26.3 Å². The Balaban J connectivity index is 2.06. The standard InChI is InChI=1S/C19H21N5O2/c1-13-4-6-14(7-5-13)15-8-16(18(26)21-19(2,3)11-25)10-17(9-15)24-12-20-22-23-24/h4-10,12,25H,11H2,1-3H3,(H,21,26). The average molecular weight is 351 g/mol. The number of amides is 1. The predicted molar refractivity (Wildman–Crippen MR) is 98.0 cm³/mol. The van der Waals surface area contributed by atoms with Gasteiger partial charge in [0.25, 0.3) is 5.91 Å². The molecular formula is C19H21N5O2. The highest BCUT2D eigenvalue weighted by molar-refractivity contribution is 5.96. The van der Waals surface area contributed by atoms with Crippen molar-refractivity contribution in [1.82, 2.24) is 25.5 Å². The molecule has 1 heterocycles. The van der Waals surface area contributed by atoms with Gasteiger partial charge in [-0.2, -0.15) is 0 Å². The van der Waals surface area contributed by atoms with Gasteiger partial charge < -0.3 is 10.4 Å². The van der Waals surface area contributed by atoms with E-state index in [1.165, 1.54) is 11.0 Å². The van der Waals surface area contributed by atoms with Crippen LogP contribution in [0.15, 0.2) is 48.8 Å². The summed E-state index contributed by atoms with van der Waals surface area (Å²) < 4.78 is 1.51. The first-order valence-electron chi connectivity index (χ1n) is 8.27. The van der Waals surface area contributed by atoms with Gasteiger partial charge >= 0.3 is 0 Å². The first kappa shape index (κ1) is 17.8. The topological polar surface area (TPSA) is 92.9 Å². The molecule has 2 aromatic carbocycles. The summed E-state index contributed by atoms with van der Waals surface area (Å²) in [5.74, 6) is -0.271. The van der Waals surface area contributed by atoms with E-state index in [1.807, 2.05) is 43.3 Å². The monoisotopic (exact) mass is 351 g/mol. The minimum Gasteiger partial charge on any atom is -0.394 e. The molecule has 7 nitrogen and oxygen atoms in total. The van der Waals surface area contributed by atoms with Crippen LogP contribution in [0.2, 0.25) is 0 Å². The summed E-state index contributed by atoms with van der Waals surface area (Å²) in [6, 6.07) is 13.5. The number of nitrogens with one attached hydrogen (secondary N) is 1.